The van der Waals surface area contributed by atoms with Crippen LogP contribution in [-0.2, 0) is 4.79 Å². The predicted octanol–water partition coefficient (Wildman–Crippen LogP) is 1.00. The number of carbonyl (C=O) groups excluding carboxylic acids is 2. The zero-order valence-electron chi connectivity index (χ0n) is 13.3. The Kier molecular flexibility index (Phi) is 7.30. The van der Waals surface area contributed by atoms with Crippen LogP contribution in [0, 0.1) is 0 Å². The molecule has 3 atom stereocenters. The summed E-state index contributed by atoms with van der Waals surface area (Å²) in [6, 6.07) is 0.910. The second-order valence-electron chi connectivity index (χ2n) is 6.46. The number of unbranched alkanes of at least 4 members (excludes halogenated alkanes) is 1. The monoisotopic (exact) mass is 362 g/mol. The number of hydrogen-bond acceptors (Lipinski definition) is 4. The van der Waals surface area contributed by atoms with E-state index in [1.807, 2.05) is 11.8 Å². The van der Waals surface area contributed by atoms with Crippen LogP contribution in [0.15, 0.2) is 0 Å². The molecule has 3 aliphatic rings. The van der Waals surface area contributed by atoms with Gasteiger partial charge in [0.15, 0.2) is 0 Å². The van der Waals surface area contributed by atoms with Crippen LogP contribution in [0.2, 0.25) is 0 Å². The molecular weight excluding hydrogens is 336 g/mol. The highest BCUT2D eigenvalue weighted by atomic mass is 35.5. The summed E-state index contributed by atoms with van der Waals surface area (Å²) < 4.78 is 0. The molecule has 132 valence electrons. The second kappa shape index (κ2) is 8.99. The molecule has 0 bridgehead atoms. The van der Waals surface area contributed by atoms with Gasteiger partial charge in [0.2, 0.25) is 5.91 Å². The molecule has 0 aromatic rings. The topological polar surface area (TPSA) is 82.3 Å². The summed E-state index contributed by atoms with van der Waals surface area (Å²) in [5.41, 5.74) is 0. The van der Waals surface area contributed by atoms with Crippen molar-refractivity contribution in [3.05, 3.63) is 0 Å². The summed E-state index contributed by atoms with van der Waals surface area (Å²) >= 11 is 1.94. The number of rotatable bonds is 6. The standard InChI is InChI=1S/C15H26N4O2S.ClH/c20-13(17-10-5-7-16-8-6-10)4-2-1-3-12-14-11(9-22-12)18-15(21)19-14;/h10-12,14,16H,1-9H2,(H,17,20)(H2,18,19,21);1H/t11-,12-,14-;/m0./s1. The zero-order valence-corrected chi connectivity index (χ0v) is 14.9. The molecule has 3 saturated heterocycles. The van der Waals surface area contributed by atoms with E-state index >= 15 is 0 Å². The fourth-order valence-corrected chi connectivity index (χ4v) is 5.08. The minimum Gasteiger partial charge on any atom is -0.353 e. The largest absolute Gasteiger partial charge is 0.353 e. The Morgan fingerprint density at radius 3 is 2.78 bits per heavy atom. The maximum atomic E-state index is 11.9. The molecule has 6 nitrogen and oxygen atoms in total. The van der Waals surface area contributed by atoms with Crippen LogP contribution < -0.4 is 21.3 Å². The first-order valence-electron chi connectivity index (χ1n) is 8.41. The molecule has 0 saturated carbocycles. The molecule has 23 heavy (non-hydrogen) atoms. The van der Waals surface area contributed by atoms with Gasteiger partial charge in [0.05, 0.1) is 12.1 Å². The molecular formula is C15H27ClN4O2S. The molecule has 0 aromatic heterocycles. The second-order valence-corrected chi connectivity index (χ2v) is 7.73. The van der Waals surface area contributed by atoms with Crippen molar-refractivity contribution in [3.63, 3.8) is 0 Å². The number of fused-ring (bicyclic) bond motifs is 1. The number of hydrogen-bond donors (Lipinski definition) is 4. The fourth-order valence-electron chi connectivity index (χ4n) is 3.54. The Morgan fingerprint density at radius 1 is 1.22 bits per heavy atom. The summed E-state index contributed by atoms with van der Waals surface area (Å²) in [5.74, 6) is 1.20. The minimum atomic E-state index is -0.0263. The van der Waals surface area contributed by atoms with E-state index in [4.69, 9.17) is 0 Å². The Morgan fingerprint density at radius 2 is 2.00 bits per heavy atom. The first-order chi connectivity index (χ1) is 10.7. The number of carbonyl (C=O) groups is 2. The lowest BCUT2D eigenvalue weighted by atomic mass is 10.0. The van der Waals surface area contributed by atoms with Gasteiger partial charge in [0.1, 0.15) is 0 Å². The minimum absolute atomic E-state index is 0. The van der Waals surface area contributed by atoms with Gasteiger partial charge in [0.25, 0.3) is 0 Å². The molecule has 0 spiro atoms. The summed E-state index contributed by atoms with van der Waals surface area (Å²) in [6.45, 7) is 2.01. The third kappa shape index (κ3) is 5.16. The Balaban J connectivity index is 0.00000192. The third-order valence-electron chi connectivity index (χ3n) is 4.78. The number of piperidine rings is 1. The molecule has 8 heteroatoms. The number of nitrogens with one attached hydrogen (secondary N) is 4. The smallest absolute Gasteiger partial charge is 0.315 e. The first kappa shape index (κ1) is 18.7. The Labute approximate surface area is 148 Å². The van der Waals surface area contributed by atoms with Gasteiger partial charge in [-0.1, -0.05) is 6.42 Å². The molecule has 0 aliphatic carbocycles. The van der Waals surface area contributed by atoms with Gasteiger partial charge in [-0.2, -0.15) is 11.8 Å². The van der Waals surface area contributed by atoms with Crippen molar-refractivity contribution < 1.29 is 9.59 Å². The van der Waals surface area contributed by atoms with E-state index in [1.165, 1.54) is 0 Å². The molecule has 4 N–H and O–H groups in total. The highest BCUT2D eigenvalue weighted by molar-refractivity contribution is 8.00. The maximum Gasteiger partial charge on any atom is 0.315 e. The lowest BCUT2D eigenvalue weighted by Crippen LogP contribution is -2.42. The Bertz CT molecular complexity index is 420. The predicted molar refractivity (Wildman–Crippen MR) is 95.2 cm³/mol. The zero-order chi connectivity index (χ0) is 15.4. The molecule has 3 heterocycles. The van der Waals surface area contributed by atoms with Crippen LogP contribution in [-0.4, -0.2) is 54.2 Å². The van der Waals surface area contributed by atoms with Gasteiger partial charge in [0, 0.05) is 23.5 Å². The average molecular weight is 363 g/mol. The van der Waals surface area contributed by atoms with E-state index in [0.29, 0.717) is 23.8 Å². The number of halogens is 1. The van der Waals surface area contributed by atoms with Crippen molar-refractivity contribution in [1.82, 2.24) is 21.3 Å². The molecule has 0 unspecified atom stereocenters. The number of amides is 3. The van der Waals surface area contributed by atoms with E-state index in [0.717, 1.165) is 50.9 Å². The van der Waals surface area contributed by atoms with E-state index in [1.54, 1.807) is 0 Å². The van der Waals surface area contributed by atoms with Crippen molar-refractivity contribution in [2.75, 3.05) is 18.8 Å². The van der Waals surface area contributed by atoms with Crippen molar-refractivity contribution in [1.29, 1.82) is 0 Å². The van der Waals surface area contributed by atoms with Crippen LogP contribution in [0.25, 0.3) is 0 Å². The molecule has 0 aromatic carbocycles. The van der Waals surface area contributed by atoms with E-state index in [-0.39, 0.29) is 30.4 Å². The van der Waals surface area contributed by atoms with Crippen LogP contribution >= 0.6 is 24.2 Å². The fraction of sp³-hybridized carbons (Fsp3) is 0.867. The van der Waals surface area contributed by atoms with Crippen molar-refractivity contribution in [2.24, 2.45) is 0 Å². The molecule has 0 radical (unpaired) electrons. The van der Waals surface area contributed by atoms with Gasteiger partial charge < -0.3 is 21.3 Å². The highest BCUT2D eigenvalue weighted by Gasteiger charge is 2.42. The van der Waals surface area contributed by atoms with Crippen molar-refractivity contribution >= 4 is 36.1 Å². The van der Waals surface area contributed by atoms with Gasteiger partial charge in [-0.15, -0.1) is 12.4 Å². The summed E-state index contributed by atoms with van der Waals surface area (Å²) in [7, 11) is 0. The van der Waals surface area contributed by atoms with E-state index in [2.05, 4.69) is 21.3 Å². The van der Waals surface area contributed by atoms with Crippen LogP contribution in [0.5, 0.6) is 0 Å². The van der Waals surface area contributed by atoms with Crippen molar-refractivity contribution in [3.8, 4) is 0 Å². The first-order valence-corrected chi connectivity index (χ1v) is 9.46. The summed E-state index contributed by atoms with van der Waals surface area (Å²) in [4.78, 5) is 23.3. The van der Waals surface area contributed by atoms with Crippen molar-refractivity contribution in [2.45, 2.75) is 61.9 Å². The number of urea groups is 1. The molecule has 3 rings (SSSR count). The normalized spacial score (nSPS) is 30.1. The van der Waals surface area contributed by atoms with Gasteiger partial charge in [-0.3, -0.25) is 4.79 Å². The third-order valence-corrected chi connectivity index (χ3v) is 6.29. The lowest BCUT2D eigenvalue weighted by molar-refractivity contribution is -0.122. The van der Waals surface area contributed by atoms with Crippen LogP contribution in [0.1, 0.15) is 38.5 Å². The molecule has 3 aliphatic heterocycles. The SMILES string of the molecule is Cl.O=C(CCCC[C@@H]1SC[C@@H]2NC(=O)N[C@@H]21)NC1CCNCC1. The summed E-state index contributed by atoms with van der Waals surface area (Å²) in [6.07, 6.45) is 5.78. The van der Waals surface area contributed by atoms with Crippen LogP contribution in [0.3, 0.4) is 0 Å². The van der Waals surface area contributed by atoms with Crippen LogP contribution in [0.4, 0.5) is 4.79 Å². The van der Waals surface area contributed by atoms with Gasteiger partial charge in [-0.05, 0) is 38.8 Å². The summed E-state index contributed by atoms with van der Waals surface area (Å²) in [5, 5.41) is 12.9. The lowest BCUT2D eigenvalue weighted by Gasteiger charge is -2.23. The van der Waals surface area contributed by atoms with E-state index < -0.39 is 0 Å². The number of thioether (sulfide) groups is 1. The average Bonchev–Trinajstić information content (AvgIpc) is 3.04. The van der Waals surface area contributed by atoms with Gasteiger partial charge in [-0.25, -0.2) is 4.79 Å². The highest BCUT2D eigenvalue weighted by Crippen LogP contribution is 2.33. The Hall–Kier alpha value is -0.660. The quantitative estimate of drug-likeness (QED) is 0.420. The van der Waals surface area contributed by atoms with Gasteiger partial charge >= 0.3 is 6.03 Å². The molecule has 3 fully saturated rings. The maximum absolute atomic E-state index is 11.9. The molecule has 3 amide bonds. The van der Waals surface area contributed by atoms with E-state index in [9.17, 15) is 9.59 Å².